The molecule has 0 spiro atoms. The lowest BCUT2D eigenvalue weighted by Gasteiger charge is -2.34. The van der Waals surface area contributed by atoms with E-state index in [0.29, 0.717) is 56.0 Å². The smallest absolute Gasteiger partial charge is 0.254 e. The number of carbonyl (C=O) groups excluding carboxylic acids is 3. The largest absolute Gasteiger partial charge is 0.355 e. The molecule has 2 aromatic rings. The van der Waals surface area contributed by atoms with Crippen LogP contribution in [0.2, 0.25) is 0 Å². The zero-order chi connectivity index (χ0) is 19.9. The van der Waals surface area contributed by atoms with E-state index in [9.17, 15) is 14.4 Å². The summed E-state index contributed by atoms with van der Waals surface area (Å²) in [7, 11) is 0. The Bertz CT molecular complexity index is 843. The van der Waals surface area contributed by atoms with Gasteiger partial charge in [0.15, 0.2) is 5.78 Å². The highest BCUT2D eigenvalue weighted by Crippen LogP contribution is 2.17. The second-order valence-corrected chi connectivity index (χ2v) is 6.76. The number of benzene rings is 2. The number of ketones is 1. The van der Waals surface area contributed by atoms with Crippen molar-refractivity contribution in [2.24, 2.45) is 0 Å². The molecular weight excluding hydrogens is 354 g/mol. The summed E-state index contributed by atoms with van der Waals surface area (Å²) in [4.78, 5) is 41.5. The zero-order valence-corrected chi connectivity index (χ0v) is 16.1. The summed E-state index contributed by atoms with van der Waals surface area (Å²) in [5, 5.41) is 2.79. The molecule has 0 saturated carbocycles. The van der Waals surface area contributed by atoms with Crippen molar-refractivity contribution in [3.8, 4) is 0 Å². The predicted molar refractivity (Wildman–Crippen MR) is 107 cm³/mol. The maximum Gasteiger partial charge on any atom is 0.254 e. The van der Waals surface area contributed by atoms with Crippen LogP contribution in [-0.2, 0) is 4.79 Å². The SMILES string of the molecule is CCNC(=O)CN1CCN(C(=O)c2ccccc2C(=O)c2ccccc2)CC1. The van der Waals surface area contributed by atoms with Gasteiger partial charge in [0.1, 0.15) is 0 Å². The topological polar surface area (TPSA) is 69.7 Å². The Labute approximate surface area is 165 Å². The van der Waals surface area contributed by atoms with E-state index in [4.69, 9.17) is 0 Å². The summed E-state index contributed by atoms with van der Waals surface area (Å²) >= 11 is 0. The third-order valence-corrected chi connectivity index (χ3v) is 4.84. The highest BCUT2D eigenvalue weighted by Gasteiger charge is 2.26. The molecule has 0 aromatic heterocycles. The lowest BCUT2D eigenvalue weighted by atomic mass is 9.97. The van der Waals surface area contributed by atoms with E-state index >= 15 is 0 Å². The van der Waals surface area contributed by atoms with Crippen LogP contribution in [0.25, 0.3) is 0 Å². The number of rotatable bonds is 6. The first kappa shape index (κ1) is 19.8. The van der Waals surface area contributed by atoms with E-state index in [0.717, 1.165) is 0 Å². The van der Waals surface area contributed by atoms with Crippen molar-refractivity contribution >= 4 is 17.6 Å². The van der Waals surface area contributed by atoms with Gasteiger partial charge < -0.3 is 10.2 Å². The van der Waals surface area contributed by atoms with Crippen LogP contribution in [-0.4, -0.2) is 66.7 Å². The first-order valence-corrected chi connectivity index (χ1v) is 9.57. The first-order valence-electron chi connectivity index (χ1n) is 9.57. The van der Waals surface area contributed by atoms with Crippen LogP contribution in [0, 0.1) is 0 Å². The van der Waals surface area contributed by atoms with Gasteiger partial charge in [-0.2, -0.15) is 0 Å². The standard InChI is InChI=1S/C22H25N3O3/c1-2-23-20(26)16-24-12-14-25(15-13-24)22(28)19-11-7-6-10-18(19)21(27)17-8-4-3-5-9-17/h3-11H,2,12-16H2,1H3,(H,23,26). The van der Waals surface area contributed by atoms with Crippen LogP contribution in [0.4, 0.5) is 0 Å². The van der Waals surface area contributed by atoms with Crippen molar-refractivity contribution in [1.82, 2.24) is 15.1 Å². The summed E-state index contributed by atoms with van der Waals surface area (Å²) in [5.74, 6) is -0.293. The Morgan fingerprint density at radius 2 is 1.46 bits per heavy atom. The van der Waals surface area contributed by atoms with Gasteiger partial charge in [-0.1, -0.05) is 48.5 Å². The fraction of sp³-hybridized carbons (Fsp3) is 0.318. The van der Waals surface area contributed by atoms with Gasteiger partial charge in [-0.15, -0.1) is 0 Å². The van der Waals surface area contributed by atoms with Gasteiger partial charge in [-0.05, 0) is 13.0 Å². The minimum atomic E-state index is -0.153. The predicted octanol–water partition coefficient (Wildman–Crippen LogP) is 1.81. The Kier molecular flexibility index (Phi) is 6.55. The van der Waals surface area contributed by atoms with Crippen molar-refractivity contribution in [3.63, 3.8) is 0 Å². The molecule has 2 amide bonds. The Morgan fingerprint density at radius 1 is 0.857 bits per heavy atom. The summed E-state index contributed by atoms with van der Waals surface area (Å²) in [6.07, 6.45) is 0. The quantitative estimate of drug-likeness (QED) is 0.778. The van der Waals surface area contributed by atoms with Crippen LogP contribution < -0.4 is 5.32 Å². The average Bonchev–Trinajstić information content (AvgIpc) is 2.74. The maximum absolute atomic E-state index is 13.1. The number of likely N-dealkylation sites (N-methyl/N-ethyl adjacent to an activating group) is 1. The number of carbonyl (C=O) groups is 3. The Balaban J connectivity index is 1.69. The van der Waals surface area contributed by atoms with Crippen LogP contribution >= 0.6 is 0 Å². The highest BCUT2D eigenvalue weighted by atomic mass is 16.2. The third kappa shape index (κ3) is 4.64. The van der Waals surface area contributed by atoms with E-state index < -0.39 is 0 Å². The Hall–Kier alpha value is -2.99. The van der Waals surface area contributed by atoms with Gasteiger partial charge in [0.05, 0.1) is 12.1 Å². The molecule has 0 aliphatic carbocycles. The summed E-state index contributed by atoms with van der Waals surface area (Å²) in [6, 6.07) is 15.9. The molecule has 1 aliphatic rings. The molecule has 28 heavy (non-hydrogen) atoms. The van der Waals surface area contributed by atoms with E-state index in [-0.39, 0.29) is 17.6 Å². The monoisotopic (exact) mass is 379 g/mol. The fourth-order valence-corrected chi connectivity index (χ4v) is 3.35. The molecule has 6 nitrogen and oxygen atoms in total. The molecular formula is C22H25N3O3. The number of amides is 2. The highest BCUT2D eigenvalue weighted by molar-refractivity contribution is 6.15. The molecule has 0 atom stereocenters. The number of nitrogens with zero attached hydrogens (tertiary/aromatic N) is 2. The number of hydrogen-bond donors (Lipinski definition) is 1. The van der Waals surface area contributed by atoms with E-state index in [1.54, 1.807) is 41.3 Å². The lowest BCUT2D eigenvalue weighted by molar-refractivity contribution is -0.122. The first-order chi connectivity index (χ1) is 13.6. The van der Waals surface area contributed by atoms with Gasteiger partial charge >= 0.3 is 0 Å². The van der Waals surface area contributed by atoms with Crippen molar-refractivity contribution < 1.29 is 14.4 Å². The summed E-state index contributed by atoms with van der Waals surface area (Å²) in [5.41, 5.74) is 1.41. The van der Waals surface area contributed by atoms with Crippen molar-refractivity contribution in [2.75, 3.05) is 39.3 Å². The van der Waals surface area contributed by atoms with Crippen LogP contribution in [0.15, 0.2) is 54.6 Å². The third-order valence-electron chi connectivity index (χ3n) is 4.84. The second-order valence-electron chi connectivity index (χ2n) is 6.76. The minimum absolute atomic E-state index is 0.001000. The zero-order valence-electron chi connectivity index (χ0n) is 16.1. The van der Waals surface area contributed by atoms with Gasteiger partial charge in [-0.3, -0.25) is 19.3 Å². The molecule has 6 heteroatoms. The van der Waals surface area contributed by atoms with Gasteiger partial charge in [-0.25, -0.2) is 0 Å². The number of hydrogen-bond acceptors (Lipinski definition) is 4. The molecule has 1 N–H and O–H groups in total. The molecule has 2 aromatic carbocycles. The molecule has 3 rings (SSSR count). The molecule has 1 saturated heterocycles. The summed E-state index contributed by atoms with van der Waals surface area (Å²) in [6.45, 7) is 5.19. The van der Waals surface area contributed by atoms with E-state index in [1.165, 1.54) is 0 Å². The van der Waals surface area contributed by atoms with Crippen LogP contribution in [0.5, 0.6) is 0 Å². The van der Waals surface area contributed by atoms with Crippen molar-refractivity contribution in [3.05, 3.63) is 71.3 Å². The second kappa shape index (κ2) is 9.28. The van der Waals surface area contributed by atoms with Crippen molar-refractivity contribution in [2.45, 2.75) is 6.92 Å². The fourth-order valence-electron chi connectivity index (χ4n) is 3.35. The Morgan fingerprint density at radius 3 is 2.11 bits per heavy atom. The molecule has 146 valence electrons. The lowest BCUT2D eigenvalue weighted by Crippen LogP contribution is -2.51. The van der Waals surface area contributed by atoms with Gasteiger partial charge in [0.25, 0.3) is 5.91 Å². The molecule has 1 fully saturated rings. The maximum atomic E-state index is 13.1. The molecule has 0 radical (unpaired) electrons. The van der Waals surface area contributed by atoms with E-state index in [1.807, 2.05) is 30.0 Å². The number of nitrogens with one attached hydrogen (secondary N) is 1. The number of piperazine rings is 1. The van der Waals surface area contributed by atoms with Crippen molar-refractivity contribution in [1.29, 1.82) is 0 Å². The minimum Gasteiger partial charge on any atom is -0.355 e. The summed E-state index contributed by atoms with van der Waals surface area (Å²) < 4.78 is 0. The van der Waals surface area contributed by atoms with E-state index in [2.05, 4.69) is 5.32 Å². The molecule has 0 bridgehead atoms. The average molecular weight is 379 g/mol. The van der Waals surface area contributed by atoms with Crippen LogP contribution in [0.1, 0.15) is 33.2 Å². The molecule has 1 aliphatic heterocycles. The normalized spacial score (nSPS) is 14.5. The molecule has 1 heterocycles. The van der Waals surface area contributed by atoms with Crippen LogP contribution in [0.3, 0.4) is 0 Å². The van der Waals surface area contributed by atoms with Gasteiger partial charge in [0.2, 0.25) is 5.91 Å². The molecule has 0 unspecified atom stereocenters. The van der Waals surface area contributed by atoms with Gasteiger partial charge in [0, 0.05) is 43.9 Å².